The zero-order valence-electron chi connectivity index (χ0n) is 8.42. The maximum Gasteiger partial charge on any atom is 0.298 e. The zero-order valence-corrected chi connectivity index (χ0v) is 8.42. The average molecular weight is 208 g/mol. The summed E-state index contributed by atoms with van der Waals surface area (Å²) >= 11 is 0. The van der Waals surface area contributed by atoms with E-state index in [4.69, 9.17) is 0 Å². The van der Waals surface area contributed by atoms with Crippen molar-refractivity contribution >= 4 is 11.6 Å². The number of rotatable bonds is 4. The van der Waals surface area contributed by atoms with Gasteiger partial charge in [-0.15, -0.1) is 0 Å². The lowest BCUT2D eigenvalue weighted by atomic mass is 10.3. The predicted molar refractivity (Wildman–Crippen MR) is 56.3 cm³/mol. The van der Waals surface area contributed by atoms with Gasteiger partial charge in [-0.05, 0) is 19.1 Å². The third-order valence-electron chi connectivity index (χ3n) is 1.95. The molecule has 5 nitrogen and oxygen atoms in total. The first kappa shape index (κ1) is 11.2. The Bertz CT molecular complexity index is 351. The molecule has 0 saturated carbocycles. The second-order valence-corrected chi connectivity index (χ2v) is 2.96. The molecule has 0 aliphatic rings. The van der Waals surface area contributed by atoms with E-state index in [2.05, 4.69) is 0 Å². The Hall–Kier alpha value is -1.91. The minimum absolute atomic E-state index is 0.427. The van der Waals surface area contributed by atoms with Crippen molar-refractivity contribution in [1.29, 1.82) is 0 Å². The number of nitro groups is 1. The van der Waals surface area contributed by atoms with Crippen molar-refractivity contribution in [2.75, 3.05) is 18.0 Å². The van der Waals surface area contributed by atoms with Crippen LogP contribution in [0.25, 0.3) is 0 Å². The van der Waals surface area contributed by atoms with Gasteiger partial charge >= 0.3 is 0 Å². The molecule has 0 aliphatic heterocycles. The topological polar surface area (TPSA) is 63.5 Å². The van der Waals surface area contributed by atoms with Gasteiger partial charge in [0.2, 0.25) is 0 Å². The summed E-state index contributed by atoms with van der Waals surface area (Å²) < 4.78 is 0. The Morgan fingerprint density at radius 3 is 2.47 bits per heavy atom. The fourth-order valence-electron chi connectivity index (χ4n) is 1.31. The van der Waals surface area contributed by atoms with Gasteiger partial charge in [0, 0.05) is 17.2 Å². The highest BCUT2D eigenvalue weighted by Gasteiger charge is 2.18. The number of hydrogen-bond donors (Lipinski definition) is 0. The number of benzene rings is 1. The monoisotopic (exact) mass is 208 g/mol. The van der Waals surface area contributed by atoms with Gasteiger partial charge in [-0.25, -0.2) is 0 Å². The Balaban J connectivity index is 2.80. The molecular formula is C10H12N2O3. The second kappa shape index (κ2) is 5.09. The molecule has 0 saturated heterocycles. The molecule has 0 radical (unpaired) electrons. The first-order valence-electron chi connectivity index (χ1n) is 4.62. The molecule has 0 bridgehead atoms. The van der Waals surface area contributed by atoms with Crippen LogP contribution >= 0.6 is 0 Å². The molecule has 0 aliphatic carbocycles. The van der Waals surface area contributed by atoms with E-state index in [-0.39, 0.29) is 0 Å². The van der Waals surface area contributed by atoms with Gasteiger partial charge in [-0.2, -0.15) is 0 Å². The predicted octanol–water partition coefficient (Wildman–Crippen LogP) is 1.32. The van der Waals surface area contributed by atoms with E-state index < -0.39 is 17.4 Å². The summed E-state index contributed by atoms with van der Waals surface area (Å²) in [5.41, 5.74) is 0.687. The van der Waals surface area contributed by atoms with Crippen LogP contribution in [0.4, 0.5) is 5.69 Å². The van der Waals surface area contributed by atoms with Crippen LogP contribution in [0.15, 0.2) is 30.3 Å². The van der Waals surface area contributed by atoms with Crippen LogP contribution in [0.3, 0.4) is 0 Å². The molecule has 1 aromatic rings. The molecular weight excluding hydrogens is 196 g/mol. The van der Waals surface area contributed by atoms with Crippen LogP contribution in [-0.2, 0) is 4.79 Å². The SMILES string of the molecule is CCN(C(=O)C[N+](=O)[O-])c1ccccc1. The number of likely N-dealkylation sites (N-methyl/N-ethyl adjacent to an activating group) is 1. The van der Waals surface area contributed by atoms with Gasteiger partial charge in [0.25, 0.3) is 12.5 Å². The van der Waals surface area contributed by atoms with Crippen molar-refractivity contribution in [3.05, 3.63) is 40.4 Å². The van der Waals surface area contributed by atoms with Gasteiger partial charge in [0.05, 0.1) is 0 Å². The summed E-state index contributed by atoms with van der Waals surface area (Å²) in [6.45, 7) is 1.55. The number of hydrogen-bond acceptors (Lipinski definition) is 3. The van der Waals surface area contributed by atoms with Gasteiger partial charge in [0.1, 0.15) is 0 Å². The summed E-state index contributed by atoms with van der Waals surface area (Å²) in [4.78, 5) is 22.5. The molecule has 0 N–H and O–H groups in total. The standard InChI is InChI=1S/C10H12N2O3/c1-2-11(10(13)8-12(14)15)9-6-4-3-5-7-9/h3-7H,2,8H2,1H3. The minimum atomic E-state index is -0.664. The van der Waals surface area contributed by atoms with Crippen molar-refractivity contribution in [3.8, 4) is 0 Å². The highest BCUT2D eigenvalue weighted by molar-refractivity contribution is 5.93. The van der Waals surface area contributed by atoms with E-state index in [0.717, 1.165) is 0 Å². The summed E-state index contributed by atoms with van der Waals surface area (Å²) in [6, 6.07) is 8.91. The van der Waals surface area contributed by atoms with E-state index in [9.17, 15) is 14.9 Å². The molecule has 1 amide bonds. The van der Waals surface area contributed by atoms with Crippen LogP contribution in [0.1, 0.15) is 6.92 Å². The number of carbonyl (C=O) groups is 1. The Morgan fingerprint density at radius 2 is 2.00 bits per heavy atom. The summed E-state index contributed by atoms with van der Waals surface area (Å²) in [5, 5.41) is 10.2. The van der Waals surface area contributed by atoms with E-state index >= 15 is 0 Å². The lowest BCUT2D eigenvalue weighted by molar-refractivity contribution is -0.467. The Kier molecular flexibility index (Phi) is 3.79. The van der Waals surface area contributed by atoms with Crippen molar-refractivity contribution in [3.63, 3.8) is 0 Å². The second-order valence-electron chi connectivity index (χ2n) is 2.96. The lowest BCUT2D eigenvalue weighted by Gasteiger charge is -2.18. The van der Waals surface area contributed by atoms with E-state index in [1.54, 1.807) is 31.2 Å². The van der Waals surface area contributed by atoms with Crippen molar-refractivity contribution in [1.82, 2.24) is 0 Å². The fourth-order valence-corrected chi connectivity index (χ4v) is 1.31. The van der Waals surface area contributed by atoms with Gasteiger partial charge in [0.15, 0.2) is 0 Å². The van der Waals surface area contributed by atoms with Crippen LogP contribution in [-0.4, -0.2) is 23.9 Å². The number of amides is 1. The van der Waals surface area contributed by atoms with Crippen molar-refractivity contribution in [2.45, 2.75) is 6.92 Å². The first-order chi connectivity index (χ1) is 7.15. The molecule has 15 heavy (non-hydrogen) atoms. The van der Waals surface area contributed by atoms with Gasteiger partial charge < -0.3 is 4.90 Å². The van der Waals surface area contributed by atoms with Crippen LogP contribution in [0, 0.1) is 10.1 Å². The van der Waals surface area contributed by atoms with Crippen LogP contribution < -0.4 is 4.90 Å². The number of carbonyl (C=O) groups excluding carboxylic acids is 1. The molecule has 0 heterocycles. The number of nitrogens with zero attached hydrogens (tertiary/aromatic N) is 2. The van der Waals surface area contributed by atoms with Gasteiger partial charge in [-0.3, -0.25) is 14.9 Å². The fraction of sp³-hybridized carbons (Fsp3) is 0.300. The molecule has 5 heteroatoms. The van der Waals surface area contributed by atoms with E-state index in [1.165, 1.54) is 4.90 Å². The summed E-state index contributed by atoms with van der Waals surface area (Å²) in [7, 11) is 0. The first-order valence-corrected chi connectivity index (χ1v) is 4.62. The minimum Gasteiger partial charge on any atom is -0.307 e. The molecule has 0 fully saturated rings. The van der Waals surface area contributed by atoms with Gasteiger partial charge in [-0.1, -0.05) is 18.2 Å². The maximum absolute atomic E-state index is 11.5. The van der Waals surface area contributed by atoms with Crippen molar-refractivity contribution in [2.24, 2.45) is 0 Å². The maximum atomic E-state index is 11.5. The Labute approximate surface area is 87.5 Å². The molecule has 1 aromatic carbocycles. The highest BCUT2D eigenvalue weighted by atomic mass is 16.6. The normalized spacial score (nSPS) is 9.67. The smallest absolute Gasteiger partial charge is 0.298 e. The zero-order chi connectivity index (χ0) is 11.3. The molecule has 0 unspecified atom stereocenters. The quantitative estimate of drug-likeness (QED) is 0.553. The Morgan fingerprint density at radius 1 is 1.40 bits per heavy atom. The number of anilines is 1. The van der Waals surface area contributed by atoms with E-state index in [0.29, 0.717) is 12.2 Å². The van der Waals surface area contributed by atoms with Crippen molar-refractivity contribution < 1.29 is 9.72 Å². The highest BCUT2D eigenvalue weighted by Crippen LogP contribution is 2.12. The summed E-state index contributed by atoms with van der Waals surface area (Å²) in [6.07, 6.45) is 0. The van der Waals surface area contributed by atoms with Crippen LogP contribution in [0.2, 0.25) is 0 Å². The molecule has 1 rings (SSSR count). The average Bonchev–Trinajstić information content (AvgIpc) is 2.19. The number of para-hydroxylation sites is 1. The third kappa shape index (κ3) is 3.05. The third-order valence-corrected chi connectivity index (χ3v) is 1.95. The summed E-state index contributed by atoms with van der Waals surface area (Å²) in [5.74, 6) is -0.492. The molecule has 0 aromatic heterocycles. The molecule has 80 valence electrons. The molecule has 0 spiro atoms. The van der Waals surface area contributed by atoms with Crippen LogP contribution in [0.5, 0.6) is 0 Å². The van der Waals surface area contributed by atoms with E-state index in [1.807, 2.05) is 6.07 Å². The lowest BCUT2D eigenvalue weighted by Crippen LogP contribution is -2.35. The molecule has 0 atom stereocenters. The largest absolute Gasteiger partial charge is 0.307 e.